The first kappa shape index (κ1) is 18.9. The highest BCUT2D eigenvalue weighted by molar-refractivity contribution is 5.94. The lowest BCUT2D eigenvalue weighted by Crippen LogP contribution is -2.31. The van der Waals surface area contributed by atoms with Gasteiger partial charge in [0.05, 0.1) is 22.6 Å². The summed E-state index contributed by atoms with van der Waals surface area (Å²) >= 11 is 0. The lowest BCUT2D eigenvalue weighted by Gasteiger charge is -2.31. The summed E-state index contributed by atoms with van der Waals surface area (Å²) in [4.78, 5) is 18.1. The molecule has 5 nitrogen and oxygen atoms in total. The standard InChI is InChI=1S/C24H24FN3O2/c1-15-21(23(29)30-18-7-3-2-4-8-18)22(16-11-13-17(25)14-12-16)28-20-10-6-5-9-19(20)27-24(28)26-15/h5-6,9-14,18,22H,2-4,7-8H2,1H3,(H,26,27)/t22-/m1/s1. The van der Waals surface area contributed by atoms with Crippen LogP contribution in [0.15, 0.2) is 59.8 Å². The van der Waals surface area contributed by atoms with Gasteiger partial charge in [0.2, 0.25) is 5.95 Å². The average Bonchev–Trinajstić information content (AvgIpc) is 3.12. The van der Waals surface area contributed by atoms with Gasteiger partial charge in [0.25, 0.3) is 0 Å². The van der Waals surface area contributed by atoms with E-state index < -0.39 is 6.04 Å². The number of carbonyl (C=O) groups is 1. The van der Waals surface area contributed by atoms with Crippen molar-refractivity contribution in [1.82, 2.24) is 9.55 Å². The molecule has 1 fully saturated rings. The van der Waals surface area contributed by atoms with Crippen LogP contribution in [0.2, 0.25) is 0 Å². The van der Waals surface area contributed by atoms with Gasteiger partial charge in [0.1, 0.15) is 11.9 Å². The number of benzene rings is 2. The fraction of sp³-hybridized carbons (Fsp3) is 0.333. The Morgan fingerprint density at radius 1 is 1.10 bits per heavy atom. The number of anilines is 1. The molecule has 0 radical (unpaired) electrons. The summed E-state index contributed by atoms with van der Waals surface area (Å²) in [7, 11) is 0. The summed E-state index contributed by atoms with van der Waals surface area (Å²) in [5, 5.41) is 3.29. The van der Waals surface area contributed by atoms with Crippen molar-refractivity contribution >= 4 is 23.0 Å². The number of hydrogen-bond donors (Lipinski definition) is 1. The predicted octanol–water partition coefficient (Wildman–Crippen LogP) is 5.34. The third-order valence-electron chi connectivity index (χ3n) is 6.06. The molecule has 154 valence electrons. The van der Waals surface area contributed by atoms with Crippen LogP contribution in [0, 0.1) is 5.82 Å². The van der Waals surface area contributed by atoms with E-state index in [1.165, 1.54) is 18.6 Å². The highest BCUT2D eigenvalue weighted by Crippen LogP contribution is 2.40. The van der Waals surface area contributed by atoms with Crippen LogP contribution in [0.25, 0.3) is 11.0 Å². The van der Waals surface area contributed by atoms with Crippen LogP contribution < -0.4 is 5.32 Å². The maximum Gasteiger partial charge on any atom is 0.338 e. The van der Waals surface area contributed by atoms with Gasteiger partial charge in [-0.05, 0) is 62.4 Å². The highest BCUT2D eigenvalue weighted by Gasteiger charge is 2.36. The molecule has 1 aliphatic heterocycles. The van der Waals surface area contributed by atoms with Crippen molar-refractivity contribution in [2.45, 2.75) is 51.2 Å². The lowest BCUT2D eigenvalue weighted by molar-refractivity contribution is -0.146. The van der Waals surface area contributed by atoms with Crippen molar-refractivity contribution < 1.29 is 13.9 Å². The van der Waals surface area contributed by atoms with E-state index in [4.69, 9.17) is 9.72 Å². The molecule has 1 N–H and O–H groups in total. The number of rotatable bonds is 3. The number of esters is 1. The van der Waals surface area contributed by atoms with Gasteiger partial charge in [-0.3, -0.25) is 4.57 Å². The highest BCUT2D eigenvalue weighted by atomic mass is 19.1. The number of hydrogen-bond acceptors (Lipinski definition) is 4. The molecule has 3 aromatic rings. The monoisotopic (exact) mass is 405 g/mol. The summed E-state index contributed by atoms with van der Waals surface area (Å²) in [6.07, 6.45) is 5.15. The van der Waals surface area contributed by atoms with Crippen molar-refractivity contribution in [3.63, 3.8) is 0 Å². The molecule has 1 atom stereocenters. The van der Waals surface area contributed by atoms with Crippen LogP contribution in [0.1, 0.15) is 50.6 Å². The molecule has 2 heterocycles. The quantitative estimate of drug-likeness (QED) is 0.598. The van der Waals surface area contributed by atoms with Gasteiger partial charge < -0.3 is 10.1 Å². The van der Waals surface area contributed by atoms with Crippen LogP contribution in [0.3, 0.4) is 0 Å². The van der Waals surface area contributed by atoms with E-state index in [1.807, 2.05) is 35.8 Å². The van der Waals surface area contributed by atoms with Crippen molar-refractivity contribution in [2.75, 3.05) is 5.32 Å². The Bertz CT molecular complexity index is 1130. The van der Waals surface area contributed by atoms with Gasteiger partial charge >= 0.3 is 5.97 Å². The Hall–Kier alpha value is -3.15. The third-order valence-corrected chi connectivity index (χ3v) is 6.06. The molecule has 0 spiro atoms. The molecule has 0 amide bonds. The van der Waals surface area contributed by atoms with E-state index in [1.54, 1.807) is 12.1 Å². The molecule has 1 aromatic heterocycles. The molecule has 0 bridgehead atoms. The Labute approximate surface area is 174 Å². The lowest BCUT2D eigenvalue weighted by atomic mass is 9.94. The van der Waals surface area contributed by atoms with E-state index in [-0.39, 0.29) is 17.9 Å². The van der Waals surface area contributed by atoms with Gasteiger partial charge in [0.15, 0.2) is 0 Å². The van der Waals surface area contributed by atoms with Crippen LogP contribution in [0.4, 0.5) is 10.3 Å². The molecule has 0 unspecified atom stereocenters. The van der Waals surface area contributed by atoms with Gasteiger partial charge in [0, 0.05) is 5.70 Å². The number of carbonyl (C=O) groups excluding carboxylic acids is 1. The van der Waals surface area contributed by atoms with Gasteiger partial charge in [-0.2, -0.15) is 0 Å². The second-order valence-corrected chi connectivity index (χ2v) is 8.08. The van der Waals surface area contributed by atoms with Crippen LogP contribution in [-0.4, -0.2) is 21.6 Å². The fourth-order valence-electron chi connectivity index (χ4n) is 4.59. The van der Waals surface area contributed by atoms with E-state index in [0.717, 1.165) is 42.3 Å². The molecule has 2 aliphatic rings. The molecule has 1 saturated carbocycles. The molecular weight excluding hydrogens is 381 g/mol. The maximum absolute atomic E-state index is 13.6. The maximum atomic E-state index is 13.6. The molecule has 2 aromatic carbocycles. The number of aromatic nitrogens is 2. The number of para-hydroxylation sites is 2. The third kappa shape index (κ3) is 3.26. The van der Waals surface area contributed by atoms with Crippen molar-refractivity contribution in [3.8, 4) is 0 Å². The zero-order valence-corrected chi connectivity index (χ0v) is 16.9. The van der Waals surface area contributed by atoms with E-state index in [2.05, 4.69) is 5.32 Å². The van der Waals surface area contributed by atoms with Gasteiger partial charge in [-0.1, -0.05) is 30.7 Å². The SMILES string of the molecule is CC1=C(C(=O)OC2CCCCC2)[C@@H](c2ccc(F)cc2)n2c(nc3ccccc32)N1. The number of allylic oxidation sites excluding steroid dienone is 1. The van der Waals surface area contributed by atoms with Crippen LogP contribution in [0.5, 0.6) is 0 Å². The summed E-state index contributed by atoms with van der Waals surface area (Å²) in [6, 6.07) is 13.7. The minimum Gasteiger partial charge on any atom is -0.459 e. The van der Waals surface area contributed by atoms with Crippen molar-refractivity contribution in [2.24, 2.45) is 0 Å². The number of nitrogens with zero attached hydrogens (tertiary/aromatic N) is 2. The van der Waals surface area contributed by atoms with Gasteiger partial charge in [-0.25, -0.2) is 14.2 Å². The van der Waals surface area contributed by atoms with Crippen LogP contribution >= 0.6 is 0 Å². The number of halogens is 1. The van der Waals surface area contributed by atoms with E-state index in [9.17, 15) is 9.18 Å². The second-order valence-electron chi connectivity index (χ2n) is 8.08. The first-order valence-corrected chi connectivity index (χ1v) is 10.5. The number of ether oxygens (including phenoxy) is 1. The van der Waals surface area contributed by atoms with Gasteiger partial charge in [-0.15, -0.1) is 0 Å². The number of nitrogens with one attached hydrogen (secondary N) is 1. The minimum atomic E-state index is -0.439. The zero-order chi connectivity index (χ0) is 20.7. The first-order valence-electron chi connectivity index (χ1n) is 10.5. The van der Waals surface area contributed by atoms with E-state index >= 15 is 0 Å². The smallest absolute Gasteiger partial charge is 0.338 e. The number of imidazole rings is 1. The predicted molar refractivity (Wildman–Crippen MR) is 114 cm³/mol. The number of fused-ring (bicyclic) bond motifs is 3. The average molecular weight is 405 g/mol. The normalized spacial score (nSPS) is 19.5. The molecule has 0 saturated heterocycles. The largest absolute Gasteiger partial charge is 0.459 e. The molecule has 30 heavy (non-hydrogen) atoms. The zero-order valence-electron chi connectivity index (χ0n) is 16.9. The van der Waals surface area contributed by atoms with Crippen molar-refractivity contribution in [3.05, 3.63) is 71.2 Å². The Kier molecular flexibility index (Phi) is 4.77. The second kappa shape index (κ2) is 7.59. The first-order chi connectivity index (χ1) is 14.6. The summed E-state index contributed by atoms with van der Waals surface area (Å²) in [5.41, 5.74) is 3.82. The molecular formula is C24H24FN3O2. The molecule has 6 heteroatoms. The summed E-state index contributed by atoms with van der Waals surface area (Å²) in [5.74, 6) is 0.0392. The molecule has 1 aliphatic carbocycles. The van der Waals surface area contributed by atoms with E-state index in [0.29, 0.717) is 17.2 Å². The summed E-state index contributed by atoms with van der Waals surface area (Å²) < 4.78 is 21.6. The summed E-state index contributed by atoms with van der Waals surface area (Å²) in [6.45, 7) is 1.87. The van der Waals surface area contributed by atoms with Crippen molar-refractivity contribution in [1.29, 1.82) is 0 Å². The minimum absolute atomic E-state index is 0.0404. The Morgan fingerprint density at radius 2 is 1.83 bits per heavy atom. The fourth-order valence-corrected chi connectivity index (χ4v) is 4.59. The Balaban J connectivity index is 1.62. The molecule has 5 rings (SSSR count). The Morgan fingerprint density at radius 3 is 2.60 bits per heavy atom. The topological polar surface area (TPSA) is 56.2 Å². The van der Waals surface area contributed by atoms with Crippen LogP contribution in [-0.2, 0) is 9.53 Å².